The number of phenolic OH excluding ortho intramolecular Hbond substituents is 1. The minimum atomic E-state index is 0.216. The maximum atomic E-state index is 9.79. The van der Waals surface area contributed by atoms with Crippen LogP contribution in [-0.4, -0.2) is 55.1 Å². The van der Waals surface area contributed by atoms with Gasteiger partial charge in [-0.3, -0.25) is 4.90 Å². The fourth-order valence-corrected chi connectivity index (χ4v) is 2.61. The van der Waals surface area contributed by atoms with E-state index in [9.17, 15) is 5.11 Å². The van der Waals surface area contributed by atoms with Crippen molar-refractivity contribution < 1.29 is 14.4 Å². The summed E-state index contributed by atoms with van der Waals surface area (Å²) in [6.07, 6.45) is 0.848. The van der Waals surface area contributed by atoms with Gasteiger partial charge in [0.05, 0.1) is 18.6 Å². The van der Waals surface area contributed by atoms with Gasteiger partial charge >= 0.3 is 0 Å². The first-order valence-electron chi connectivity index (χ1n) is 6.87. The van der Waals surface area contributed by atoms with Gasteiger partial charge in [-0.1, -0.05) is 5.16 Å². The number of rotatable bonds is 4. The molecular formula is C14H19N3O3. The molecule has 0 atom stereocenters. The highest BCUT2D eigenvalue weighted by atomic mass is 16.5. The Kier molecular flexibility index (Phi) is 3.75. The van der Waals surface area contributed by atoms with Crippen LogP contribution >= 0.6 is 0 Å². The van der Waals surface area contributed by atoms with Crippen molar-refractivity contribution in [3.8, 4) is 5.75 Å². The van der Waals surface area contributed by atoms with Gasteiger partial charge in [-0.2, -0.15) is 0 Å². The smallest absolute Gasteiger partial charge is 0.177 e. The van der Waals surface area contributed by atoms with Crippen molar-refractivity contribution in [2.45, 2.75) is 6.42 Å². The molecule has 0 unspecified atom stereocenters. The van der Waals surface area contributed by atoms with Gasteiger partial charge in [0.15, 0.2) is 11.4 Å². The number of aromatic hydroxyl groups is 1. The molecule has 3 rings (SSSR count). The molecule has 0 saturated carbocycles. The highest BCUT2D eigenvalue weighted by molar-refractivity contribution is 5.92. The van der Waals surface area contributed by atoms with Crippen molar-refractivity contribution in [3.05, 3.63) is 17.7 Å². The first kappa shape index (κ1) is 13.2. The number of phenols is 1. The molecule has 20 heavy (non-hydrogen) atoms. The van der Waals surface area contributed by atoms with E-state index in [0.717, 1.165) is 56.0 Å². The summed E-state index contributed by atoms with van der Waals surface area (Å²) >= 11 is 0. The van der Waals surface area contributed by atoms with E-state index in [4.69, 9.17) is 9.26 Å². The molecule has 1 aliphatic heterocycles. The molecule has 1 fully saturated rings. The zero-order chi connectivity index (χ0) is 13.9. The summed E-state index contributed by atoms with van der Waals surface area (Å²) in [6, 6.07) is 3.39. The maximum Gasteiger partial charge on any atom is 0.177 e. The van der Waals surface area contributed by atoms with E-state index in [1.165, 1.54) is 0 Å². The zero-order valence-corrected chi connectivity index (χ0v) is 11.6. The third-order valence-electron chi connectivity index (χ3n) is 3.68. The van der Waals surface area contributed by atoms with Crippen molar-refractivity contribution >= 4 is 16.8 Å². The number of aromatic nitrogens is 1. The van der Waals surface area contributed by atoms with Crippen LogP contribution in [0.1, 0.15) is 5.56 Å². The number of nitrogens with one attached hydrogen (secondary N) is 1. The summed E-state index contributed by atoms with van der Waals surface area (Å²) in [6.45, 7) is 4.46. The molecule has 0 aliphatic carbocycles. The van der Waals surface area contributed by atoms with Gasteiger partial charge < -0.3 is 19.7 Å². The quantitative estimate of drug-likeness (QED) is 0.881. The predicted octanol–water partition coefficient (Wildman–Crippen LogP) is 1.45. The fourth-order valence-electron chi connectivity index (χ4n) is 2.61. The normalized spacial score (nSPS) is 16.6. The molecule has 108 valence electrons. The summed E-state index contributed by atoms with van der Waals surface area (Å²) < 4.78 is 10.6. The van der Waals surface area contributed by atoms with Crippen LogP contribution in [0.2, 0.25) is 0 Å². The molecule has 6 heteroatoms. The average molecular weight is 277 g/mol. The highest BCUT2D eigenvalue weighted by Gasteiger charge is 2.15. The summed E-state index contributed by atoms with van der Waals surface area (Å²) in [4.78, 5) is 2.37. The number of benzene rings is 1. The van der Waals surface area contributed by atoms with Crippen LogP contribution in [-0.2, 0) is 11.2 Å². The fraction of sp³-hybridized carbons (Fsp3) is 0.500. The van der Waals surface area contributed by atoms with Gasteiger partial charge in [0, 0.05) is 32.7 Å². The molecule has 2 N–H and O–H groups in total. The number of hydrogen-bond donors (Lipinski definition) is 2. The average Bonchev–Trinajstić information content (AvgIpc) is 2.88. The first-order chi connectivity index (χ1) is 9.78. The Hall–Kier alpha value is -1.79. The van der Waals surface area contributed by atoms with Crippen LogP contribution in [0.25, 0.3) is 11.0 Å². The monoisotopic (exact) mass is 277 g/mol. The van der Waals surface area contributed by atoms with Crippen LogP contribution in [0.5, 0.6) is 5.75 Å². The van der Waals surface area contributed by atoms with E-state index in [0.29, 0.717) is 5.58 Å². The van der Waals surface area contributed by atoms with Crippen LogP contribution in [0.15, 0.2) is 16.7 Å². The number of ether oxygens (including phenoxy) is 1. The lowest BCUT2D eigenvalue weighted by Crippen LogP contribution is -2.37. The van der Waals surface area contributed by atoms with Crippen molar-refractivity contribution in [2.24, 2.45) is 0 Å². The molecule has 0 amide bonds. The van der Waals surface area contributed by atoms with Crippen LogP contribution in [0, 0.1) is 0 Å². The van der Waals surface area contributed by atoms with Crippen molar-refractivity contribution in [1.82, 2.24) is 10.1 Å². The third kappa shape index (κ3) is 2.57. The Morgan fingerprint density at radius 2 is 2.15 bits per heavy atom. The second kappa shape index (κ2) is 5.68. The molecular weight excluding hydrogens is 258 g/mol. The predicted molar refractivity (Wildman–Crippen MR) is 76.2 cm³/mol. The Labute approximate surface area is 117 Å². The third-order valence-corrected chi connectivity index (χ3v) is 3.68. The molecule has 0 spiro atoms. The SMILES string of the molecule is CNc1noc2cc(O)cc(CCN3CCOCC3)c12. The molecule has 2 aromatic rings. The molecule has 0 radical (unpaired) electrons. The van der Waals surface area contributed by atoms with E-state index >= 15 is 0 Å². The number of anilines is 1. The topological polar surface area (TPSA) is 70.8 Å². The molecule has 1 aromatic carbocycles. The lowest BCUT2D eigenvalue weighted by molar-refractivity contribution is 0.0385. The molecule has 2 heterocycles. The van der Waals surface area contributed by atoms with Gasteiger partial charge in [0.2, 0.25) is 0 Å². The van der Waals surface area contributed by atoms with E-state index < -0.39 is 0 Å². The first-order valence-corrected chi connectivity index (χ1v) is 6.87. The molecule has 1 aliphatic rings. The van der Waals surface area contributed by atoms with Crippen LogP contribution in [0.3, 0.4) is 0 Å². The van der Waals surface area contributed by atoms with E-state index in [1.54, 1.807) is 12.1 Å². The van der Waals surface area contributed by atoms with E-state index in [2.05, 4.69) is 15.4 Å². The summed E-state index contributed by atoms with van der Waals surface area (Å²) in [5.74, 6) is 0.935. The van der Waals surface area contributed by atoms with Gasteiger partial charge in [-0.05, 0) is 18.1 Å². The Bertz CT molecular complexity index is 591. The standard InChI is InChI=1S/C14H19N3O3/c1-15-14-13-10(2-3-17-4-6-19-7-5-17)8-11(18)9-12(13)20-16-14/h8-9,18H,2-7H2,1H3,(H,15,16). The summed E-state index contributed by atoms with van der Waals surface area (Å²) in [5, 5.41) is 17.8. The van der Waals surface area contributed by atoms with Crippen LogP contribution in [0.4, 0.5) is 5.82 Å². The molecule has 0 bridgehead atoms. The summed E-state index contributed by atoms with van der Waals surface area (Å²) in [7, 11) is 1.82. The summed E-state index contributed by atoms with van der Waals surface area (Å²) in [5.41, 5.74) is 1.67. The van der Waals surface area contributed by atoms with Crippen molar-refractivity contribution in [3.63, 3.8) is 0 Å². The Morgan fingerprint density at radius 1 is 1.35 bits per heavy atom. The maximum absolute atomic E-state index is 9.79. The number of nitrogens with zero attached hydrogens (tertiary/aromatic N) is 2. The Morgan fingerprint density at radius 3 is 2.90 bits per heavy atom. The van der Waals surface area contributed by atoms with Crippen LogP contribution < -0.4 is 5.32 Å². The molecule has 1 saturated heterocycles. The lowest BCUT2D eigenvalue weighted by Gasteiger charge is -2.26. The second-order valence-corrected chi connectivity index (χ2v) is 4.96. The largest absolute Gasteiger partial charge is 0.508 e. The Balaban J connectivity index is 1.83. The molecule has 6 nitrogen and oxygen atoms in total. The minimum absolute atomic E-state index is 0.216. The van der Waals surface area contributed by atoms with Crippen molar-refractivity contribution in [2.75, 3.05) is 45.2 Å². The lowest BCUT2D eigenvalue weighted by atomic mass is 10.1. The number of fused-ring (bicyclic) bond motifs is 1. The van der Waals surface area contributed by atoms with Gasteiger partial charge in [-0.15, -0.1) is 0 Å². The zero-order valence-electron chi connectivity index (χ0n) is 11.6. The highest BCUT2D eigenvalue weighted by Crippen LogP contribution is 2.30. The van der Waals surface area contributed by atoms with E-state index in [1.807, 2.05) is 7.05 Å². The minimum Gasteiger partial charge on any atom is -0.508 e. The van der Waals surface area contributed by atoms with Gasteiger partial charge in [0.1, 0.15) is 5.75 Å². The van der Waals surface area contributed by atoms with E-state index in [-0.39, 0.29) is 5.75 Å². The number of hydrogen-bond acceptors (Lipinski definition) is 6. The van der Waals surface area contributed by atoms with Crippen molar-refractivity contribution in [1.29, 1.82) is 0 Å². The van der Waals surface area contributed by atoms with Gasteiger partial charge in [-0.25, -0.2) is 0 Å². The molecule has 1 aromatic heterocycles. The number of morpholine rings is 1. The van der Waals surface area contributed by atoms with Gasteiger partial charge in [0.25, 0.3) is 0 Å². The second-order valence-electron chi connectivity index (χ2n) is 4.96.